The van der Waals surface area contributed by atoms with E-state index in [4.69, 9.17) is 23.7 Å². The number of carboxylic acids is 1. The number of piperidine rings is 1. The maximum atomic E-state index is 16.1. The molecule has 0 spiro atoms. The van der Waals surface area contributed by atoms with Gasteiger partial charge in [0.1, 0.15) is 48.8 Å². The van der Waals surface area contributed by atoms with Gasteiger partial charge in [-0.15, -0.1) is 0 Å². The van der Waals surface area contributed by atoms with Gasteiger partial charge in [-0.05, 0) is 61.4 Å². The number of benzene rings is 3. The monoisotopic (exact) mass is 1020 g/mol. The smallest absolute Gasteiger partial charge is 0.414 e. The minimum atomic E-state index is -1.54. The van der Waals surface area contributed by atoms with Crippen molar-refractivity contribution in [3.63, 3.8) is 0 Å². The maximum Gasteiger partial charge on any atom is 0.414 e. The zero-order valence-corrected chi connectivity index (χ0v) is 40.4. The highest BCUT2D eigenvalue weighted by molar-refractivity contribution is 5.92. The zero-order valence-electron chi connectivity index (χ0n) is 40.4. The average Bonchev–Trinajstić information content (AvgIpc) is 4.17. The highest BCUT2D eigenvalue weighted by Crippen LogP contribution is 2.38. The Bertz CT molecular complexity index is 2930. The Morgan fingerprint density at radius 3 is 2.18 bits per heavy atom. The van der Waals surface area contributed by atoms with E-state index < -0.39 is 77.2 Å². The third-order valence-electron chi connectivity index (χ3n) is 12.8. The van der Waals surface area contributed by atoms with Crippen LogP contribution < -0.4 is 35.9 Å². The molecule has 2 aromatic heterocycles. The van der Waals surface area contributed by atoms with E-state index in [1.165, 1.54) is 30.2 Å². The van der Waals surface area contributed by atoms with Gasteiger partial charge in [0, 0.05) is 57.7 Å². The van der Waals surface area contributed by atoms with E-state index >= 15 is 8.78 Å². The molecule has 8 rings (SSSR count). The summed E-state index contributed by atoms with van der Waals surface area (Å²) in [5, 5.41) is 17.4. The number of pyridine rings is 2. The second kappa shape index (κ2) is 23.5. The van der Waals surface area contributed by atoms with Gasteiger partial charge >= 0.3 is 30.2 Å². The number of amides is 4. The van der Waals surface area contributed by atoms with Crippen LogP contribution in [0.4, 0.5) is 34.7 Å². The number of nitrogens with one attached hydrogen (secondary N) is 3. The second-order valence-corrected chi connectivity index (χ2v) is 18.3. The number of unbranched alkanes of at least 4 members (excludes halogenated alkanes) is 1. The molecule has 22 heteroatoms. The molecular weight excluding hydrogens is 969 g/mol. The van der Waals surface area contributed by atoms with E-state index in [9.17, 15) is 38.7 Å². The summed E-state index contributed by atoms with van der Waals surface area (Å²) in [7, 11) is 0. The molecule has 4 N–H and O–H groups in total. The number of anilines is 2. The Kier molecular flexibility index (Phi) is 16.5. The van der Waals surface area contributed by atoms with Gasteiger partial charge in [-0.3, -0.25) is 14.5 Å². The van der Waals surface area contributed by atoms with Gasteiger partial charge in [0.2, 0.25) is 11.3 Å². The first-order valence-electron chi connectivity index (χ1n) is 24.2. The molecular formula is C52H55F2N7O13. The molecule has 4 amide bonds. The van der Waals surface area contributed by atoms with Crippen molar-refractivity contribution in [3.8, 4) is 5.75 Å². The van der Waals surface area contributed by atoms with Crippen LogP contribution in [0.15, 0.2) is 95.9 Å². The number of rotatable bonds is 21. The first-order valence-corrected chi connectivity index (χ1v) is 24.2. The molecule has 1 saturated carbocycles. The van der Waals surface area contributed by atoms with E-state index in [1.807, 2.05) is 30.3 Å². The van der Waals surface area contributed by atoms with Gasteiger partial charge in [-0.1, -0.05) is 60.7 Å². The number of carbonyl (C=O) groups is 6. The number of halogens is 2. The molecule has 3 aromatic carbocycles. The summed E-state index contributed by atoms with van der Waals surface area (Å²) in [6.45, 7) is 1.13. The SMILES string of the molecule is CC(=O)NC[C@H]1CN(c2ccc(OCC3(OC(=O)C(CCCCNC(=O)OCc4ccccc4)NC(=O)OCc4ccccc4)CCN(c4nc5c(cc4F)c(=O)c(C(=O)O)cn5C4CC4)CC3)c(F)c2)C(=O)O1. The molecule has 4 heterocycles. The van der Waals surface area contributed by atoms with Crippen LogP contribution in [0.2, 0.25) is 0 Å². The number of fused-ring (bicyclic) bond motifs is 1. The molecule has 390 valence electrons. The summed E-state index contributed by atoms with van der Waals surface area (Å²) in [6, 6.07) is 21.4. The number of nitrogens with zero attached hydrogens (tertiary/aromatic N) is 4. The minimum Gasteiger partial charge on any atom is -0.486 e. The van der Waals surface area contributed by atoms with Crippen molar-refractivity contribution in [2.45, 2.75) is 88.9 Å². The van der Waals surface area contributed by atoms with Crippen molar-refractivity contribution >= 4 is 58.7 Å². The van der Waals surface area contributed by atoms with Crippen LogP contribution in [0.1, 0.15) is 79.4 Å². The Morgan fingerprint density at radius 2 is 1.54 bits per heavy atom. The van der Waals surface area contributed by atoms with Crippen molar-refractivity contribution in [2.75, 3.05) is 49.1 Å². The summed E-state index contributed by atoms with van der Waals surface area (Å²) < 4.78 is 62.0. The van der Waals surface area contributed by atoms with Crippen molar-refractivity contribution in [1.82, 2.24) is 25.5 Å². The topological polar surface area (TPSA) is 246 Å². The highest BCUT2D eigenvalue weighted by Gasteiger charge is 2.43. The predicted octanol–water partition coefficient (Wildman–Crippen LogP) is 6.52. The Morgan fingerprint density at radius 1 is 0.865 bits per heavy atom. The molecule has 20 nitrogen and oxygen atoms in total. The van der Waals surface area contributed by atoms with Crippen molar-refractivity contribution in [2.24, 2.45) is 0 Å². The molecule has 0 bridgehead atoms. The zero-order chi connectivity index (χ0) is 52.4. The standard InChI is InChI=1S/C52H55F2N7O13/c1-32(62)56-26-37-27-61(51(69)73-37)36-17-18-43(40(53)24-36)72-31-52(19-22-59(23-20-52)46-41(54)25-38-44(63)39(47(64)65)28-60(35-15-16-35)45(38)58-46)74-48(66)42(57-50(68)71-30-34-12-6-3-7-13-34)14-8-9-21-55-49(67)70-29-33-10-4-2-5-11-33/h2-7,10-13,17-18,24-25,28,35,37,42H,8-9,14-16,19-23,26-27,29-31H2,1H3,(H,55,67)(H,56,62)(H,57,68)(H,64,65)/t37-,42?/m0/s1. The predicted molar refractivity (Wildman–Crippen MR) is 262 cm³/mol. The van der Waals surface area contributed by atoms with Gasteiger partial charge in [0.25, 0.3) is 0 Å². The number of hydrogen-bond acceptors (Lipinski definition) is 14. The molecule has 3 fully saturated rings. The molecule has 74 heavy (non-hydrogen) atoms. The molecule has 3 aliphatic rings. The first kappa shape index (κ1) is 52.0. The average molecular weight is 1020 g/mol. The fraction of sp³-hybridized carbons (Fsp3) is 0.385. The maximum absolute atomic E-state index is 16.1. The van der Waals surface area contributed by atoms with Gasteiger partial charge in [-0.25, -0.2) is 37.7 Å². The lowest BCUT2D eigenvalue weighted by Crippen LogP contribution is -2.54. The number of esters is 1. The third kappa shape index (κ3) is 13.2. The van der Waals surface area contributed by atoms with Crippen LogP contribution in [0.25, 0.3) is 11.0 Å². The van der Waals surface area contributed by atoms with Crippen molar-refractivity contribution in [1.29, 1.82) is 0 Å². The Hall–Kier alpha value is -8.30. The van der Waals surface area contributed by atoms with Crippen molar-refractivity contribution in [3.05, 3.63) is 130 Å². The second-order valence-electron chi connectivity index (χ2n) is 18.3. The lowest BCUT2D eigenvalue weighted by molar-refractivity contribution is -0.168. The molecule has 2 aliphatic heterocycles. The number of carboxylic acid groups (broad SMARTS) is 1. The van der Waals surface area contributed by atoms with Gasteiger partial charge in [-0.2, -0.15) is 0 Å². The van der Waals surface area contributed by atoms with Gasteiger partial charge in [0.15, 0.2) is 23.2 Å². The molecule has 0 radical (unpaired) electrons. The Balaban J connectivity index is 1.00. The van der Waals surface area contributed by atoms with Crippen molar-refractivity contribution < 1.29 is 66.3 Å². The lowest BCUT2D eigenvalue weighted by Gasteiger charge is -2.42. The molecule has 5 aromatic rings. The normalized spacial score (nSPS) is 16.4. The van der Waals surface area contributed by atoms with E-state index in [-0.39, 0.29) is 105 Å². The van der Waals surface area contributed by atoms with Crippen LogP contribution in [0.3, 0.4) is 0 Å². The molecule has 1 aliphatic carbocycles. The number of hydrogen-bond donors (Lipinski definition) is 4. The fourth-order valence-corrected chi connectivity index (χ4v) is 8.60. The van der Waals surface area contributed by atoms with E-state index in [0.29, 0.717) is 31.2 Å². The number of aromatic carboxylic acids is 1. The van der Waals surface area contributed by atoms with Crippen LogP contribution in [0.5, 0.6) is 5.75 Å². The number of ether oxygens (including phenoxy) is 5. The summed E-state index contributed by atoms with van der Waals surface area (Å²) in [5.41, 5.74) is -1.15. The molecule has 1 unspecified atom stereocenters. The van der Waals surface area contributed by atoms with E-state index in [2.05, 4.69) is 20.9 Å². The Labute approximate surface area is 422 Å². The van der Waals surface area contributed by atoms with Crippen LogP contribution in [-0.4, -0.2) is 108 Å². The summed E-state index contributed by atoms with van der Waals surface area (Å²) in [5.74, 6) is -4.79. The van der Waals surface area contributed by atoms with E-state index in [0.717, 1.165) is 17.7 Å². The first-order chi connectivity index (χ1) is 35.6. The minimum absolute atomic E-state index is 0.00562. The van der Waals surface area contributed by atoms with Gasteiger partial charge < -0.3 is 54.2 Å². The third-order valence-corrected chi connectivity index (χ3v) is 12.8. The van der Waals surface area contributed by atoms with Crippen LogP contribution in [-0.2, 0) is 41.8 Å². The molecule has 2 saturated heterocycles. The largest absolute Gasteiger partial charge is 0.486 e. The molecule has 2 atom stereocenters. The highest BCUT2D eigenvalue weighted by atomic mass is 19.1. The summed E-state index contributed by atoms with van der Waals surface area (Å²) in [4.78, 5) is 96.8. The number of cyclic esters (lactones) is 1. The summed E-state index contributed by atoms with van der Waals surface area (Å²) in [6.07, 6.45) is 0.289. The number of carbonyl (C=O) groups excluding carboxylic acids is 5. The van der Waals surface area contributed by atoms with Crippen LogP contribution >= 0.6 is 0 Å². The quantitative estimate of drug-likeness (QED) is 0.0347. The van der Waals surface area contributed by atoms with Gasteiger partial charge in [0.05, 0.1) is 24.2 Å². The summed E-state index contributed by atoms with van der Waals surface area (Å²) >= 11 is 0. The number of alkyl carbamates (subject to hydrolysis) is 2. The van der Waals surface area contributed by atoms with Crippen LogP contribution in [0, 0.1) is 11.6 Å². The fourth-order valence-electron chi connectivity index (χ4n) is 8.60. The number of aromatic nitrogens is 2. The van der Waals surface area contributed by atoms with E-state index in [1.54, 1.807) is 39.8 Å². The lowest BCUT2D eigenvalue weighted by atomic mass is 9.91.